The molecule has 7 nitrogen and oxygen atoms in total. The maximum Gasteiger partial charge on any atom is 0.412 e. The third-order valence-corrected chi connectivity index (χ3v) is 3.73. The Kier molecular flexibility index (Phi) is 6.87. The summed E-state index contributed by atoms with van der Waals surface area (Å²) in [6.07, 6.45) is -0.545. The Labute approximate surface area is 165 Å². The second-order valence-electron chi connectivity index (χ2n) is 7.06. The fraction of sp³-hybridized carbons (Fsp3) is 0.333. The van der Waals surface area contributed by atoms with Crippen molar-refractivity contribution in [1.82, 2.24) is 5.32 Å². The topological polar surface area (TPSA) is 85.9 Å². The molecule has 0 unspecified atom stereocenters. The number of carbonyl (C=O) groups is 2. The lowest BCUT2D eigenvalue weighted by Gasteiger charge is -2.19. The monoisotopic (exact) mass is 386 g/mol. The lowest BCUT2D eigenvalue weighted by atomic mass is 10.1. The van der Waals surface area contributed by atoms with Gasteiger partial charge in [-0.2, -0.15) is 0 Å². The van der Waals surface area contributed by atoms with Gasteiger partial charge in [-0.1, -0.05) is 0 Å². The van der Waals surface area contributed by atoms with E-state index in [9.17, 15) is 9.59 Å². The van der Waals surface area contributed by atoms with Crippen LogP contribution in [0, 0.1) is 0 Å². The number of anilines is 1. The minimum Gasteiger partial charge on any atom is -0.497 e. The van der Waals surface area contributed by atoms with Crippen LogP contribution in [-0.4, -0.2) is 31.8 Å². The molecule has 2 N–H and O–H groups in total. The number of rotatable bonds is 6. The van der Waals surface area contributed by atoms with Crippen molar-refractivity contribution < 1.29 is 23.8 Å². The van der Waals surface area contributed by atoms with Crippen molar-refractivity contribution in [3.8, 4) is 11.5 Å². The molecule has 2 aromatic carbocycles. The Morgan fingerprint density at radius 3 is 2.21 bits per heavy atom. The van der Waals surface area contributed by atoms with E-state index in [-0.39, 0.29) is 5.91 Å². The molecule has 0 heterocycles. The van der Waals surface area contributed by atoms with E-state index in [2.05, 4.69) is 10.6 Å². The summed E-state index contributed by atoms with van der Waals surface area (Å²) < 4.78 is 15.7. The van der Waals surface area contributed by atoms with Gasteiger partial charge in [-0.15, -0.1) is 0 Å². The molecule has 0 aliphatic carbocycles. The van der Waals surface area contributed by atoms with Gasteiger partial charge in [0.25, 0.3) is 5.91 Å². The second kappa shape index (κ2) is 9.12. The Hall–Kier alpha value is -3.22. The normalized spacial score (nSPS) is 10.8. The number of benzene rings is 2. The molecule has 0 saturated carbocycles. The van der Waals surface area contributed by atoms with Crippen LogP contribution in [0.4, 0.5) is 10.5 Å². The predicted molar refractivity (Wildman–Crippen MR) is 107 cm³/mol. The molecule has 28 heavy (non-hydrogen) atoms. The van der Waals surface area contributed by atoms with E-state index in [1.807, 2.05) is 6.07 Å². The molecule has 7 heteroatoms. The SMILES string of the molecule is COc1ccc(CNC(=O)c2ccc(NC(=O)OC(C)(C)C)cc2)c(OC)c1. The summed E-state index contributed by atoms with van der Waals surface area (Å²) >= 11 is 0. The number of methoxy groups -OCH3 is 2. The highest BCUT2D eigenvalue weighted by Gasteiger charge is 2.16. The fourth-order valence-corrected chi connectivity index (χ4v) is 2.40. The molecule has 2 aromatic rings. The molecular weight excluding hydrogens is 360 g/mol. The van der Waals surface area contributed by atoms with Crippen LogP contribution in [0.2, 0.25) is 0 Å². The molecule has 0 aliphatic heterocycles. The van der Waals surface area contributed by atoms with Crippen molar-refractivity contribution >= 4 is 17.7 Å². The zero-order valence-electron chi connectivity index (χ0n) is 16.8. The Morgan fingerprint density at radius 1 is 0.964 bits per heavy atom. The van der Waals surface area contributed by atoms with Crippen LogP contribution in [0.5, 0.6) is 11.5 Å². The van der Waals surface area contributed by atoms with Crippen LogP contribution < -0.4 is 20.1 Å². The van der Waals surface area contributed by atoms with Crippen LogP contribution in [0.15, 0.2) is 42.5 Å². The van der Waals surface area contributed by atoms with Gasteiger partial charge < -0.3 is 19.5 Å². The van der Waals surface area contributed by atoms with Gasteiger partial charge in [-0.05, 0) is 57.2 Å². The van der Waals surface area contributed by atoms with Gasteiger partial charge in [0.2, 0.25) is 0 Å². The van der Waals surface area contributed by atoms with Gasteiger partial charge in [-0.3, -0.25) is 10.1 Å². The summed E-state index contributed by atoms with van der Waals surface area (Å²) in [5.41, 5.74) is 1.27. The number of nitrogens with one attached hydrogen (secondary N) is 2. The number of amides is 2. The standard InChI is InChI=1S/C21H26N2O5/c1-21(2,3)28-20(25)23-16-9-6-14(7-10-16)19(24)22-13-15-8-11-17(26-4)12-18(15)27-5/h6-12H,13H2,1-5H3,(H,22,24)(H,23,25). The van der Waals surface area contributed by atoms with Crippen molar-refractivity contribution in [2.24, 2.45) is 0 Å². The van der Waals surface area contributed by atoms with Crippen LogP contribution >= 0.6 is 0 Å². The highest BCUT2D eigenvalue weighted by Crippen LogP contribution is 2.24. The summed E-state index contributed by atoms with van der Waals surface area (Å²) in [7, 11) is 3.15. The molecule has 0 spiro atoms. The van der Waals surface area contributed by atoms with Gasteiger partial charge in [0, 0.05) is 29.4 Å². The molecule has 0 aliphatic rings. The van der Waals surface area contributed by atoms with Gasteiger partial charge in [0.1, 0.15) is 17.1 Å². The lowest BCUT2D eigenvalue weighted by molar-refractivity contribution is 0.0635. The third-order valence-electron chi connectivity index (χ3n) is 3.73. The summed E-state index contributed by atoms with van der Waals surface area (Å²) in [5, 5.41) is 5.47. The molecule has 0 fully saturated rings. The second-order valence-corrected chi connectivity index (χ2v) is 7.06. The maximum absolute atomic E-state index is 12.4. The number of hydrogen-bond acceptors (Lipinski definition) is 5. The molecule has 0 aromatic heterocycles. The quantitative estimate of drug-likeness (QED) is 0.784. The van der Waals surface area contributed by atoms with E-state index < -0.39 is 11.7 Å². The Morgan fingerprint density at radius 2 is 1.64 bits per heavy atom. The smallest absolute Gasteiger partial charge is 0.412 e. The largest absolute Gasteiger partial charge is 0.497 e. The average molecular weight is 386 g/mol. The van der Waals surface area contributed by atoms with Crippen molar-refractivity contribution in [3.05, 3.63) is 53.6 Å². The average Bonchev–Trinajstić information content (AvgIpc) is 2.65. The first-order valence-corrected chi connectivity index (χ1v) is 8.81. The zero-order valence-corrected chi connectivity index (χ0v) is 16.8. The summed E-state index contributed by atoms with van der Waals surface area (Å²) in [5.74, 6) is 1.08. The van der Waals surface area contributed by atoms with Crippen LogP contribution in [0.25, 0.3) is 0 Å². The van der Waals surface area contributed by atoms with Crippen molar-refractivity contribution in [3.63, 3.8) is 0 Å². The predicted octanol–water partition coefficient (Wildman–Crippen LogP) is 3.98. The third kappa shape index (κ3) is 6.19. The van der Waals surface area contributed by atoms with Gasteiger partial charge in [0.15, 0.2) is 0 Å². The van der Waals surface area contributed by atoms with Crippen molar-refractivity contribution in [1.29, 1.82) is 0 Å². The van der Waals surface area contributed by atoms with Gasteiger partial charge in [0.05, 0.1) is 14.2 Å². The minimum atomic E-state index is -0.577. The Balaban J connectivity index is 1.95. The number of carbonyl (C=O) groups excluding carboxylic acids is 2. The lowest BCUT2D eigenvalue weighted by Crippen LogP contribution is -2.27. The van der Waals surface area contributed by atoms with E-state index in [0.717, 1.165) is 5.56 Å². The van der Waals surface area contributed by atoms with Crippen LogP contribution in [0.3, 0.4) is 0 Å². The molecule has 0 radical (unpaired) electrons. The van der Waals surface area contributed by atoms with Crippen molar-refractivity contribution in [2.45, 2.75) is 32.9 Å². The van der Waals surface area contributed by atoms with Crippen LogP contribution in [0.1, 0.15) is 36.7 Å². The van der Waals surface area contributed by atoms with Gasteiger partial charge in [-0.25, -0.2) is 4.79 Å². The summed E-state index contributed by atoms with van der Waals surface area (Å²) in [4.78, 5) is 24.2. The summed E-state index contributed by atoms with van der Waals surface area (Å²) in [6, 6.07) is 12.0. The molecule has 0 atom stereocenters. The molecule has 0 saturated heterocycles. The van der Waals surface area contributed by atoms with Crippen LogP contribution in [-0.2, 0) is 11.3 Å². The highest BCUT2D eigenvalue weighted by molar-refractivity contribution is 5.95. The molecule has 2 amide bonds. The first kappa shape index (κ1) is 21.1. The number of hydrogen-bond donors (Lipinski definition) is 2. The van der Waals surface area contributed by atoms with E-state index in [1.165, 1.54) is 0 Å². The first-order valence-electron chi connectivity index (χ1n) is 8.81. The first-order chi connectivity index (χ1) is 13.2. The Bertz CT molecular complexity index is 826. The van der Waals surface area contributed by atoms with E-state index in [1.54, 1.807) is 71.4 Å². The van der Waals surface area contributed by atoms with E-state index >= 15 is 0 Å². The van der Waals surface area contributed by atoms with Crippen molar-refractivity contribution in [2.75, 3.05) is 19.5 Å². The number of ether oxygens (including phenoxy) is 3. The molecule has 2 rings (SSSR count). The van der Waals surface area contributed by atoms with E-state index in [0.29, 0.717) is 29.3 Å². The maximum atomic E-state index is 12.4. The fourth-order valence-electron chi connectivity index (χ4n) is 2.40. The summed E-state index contributed by atoms with van der Waals surface area (Å²) in [6.45, 7) is 5.68. The zero-order chi connectivity index (χ0) is 20.7. The molecule has 0 bridgehead atoms. The molecule has 150 valence electrons. The highest BCUT2D eigenvalue weighted by atomic mass is 16.6. The molecular formula is C21H26N2O5. The van der Waals surface area contributed by atoms with E-state index in [4.69, 9.17) is 14.2 Å². The minimum absolute atomic E-state index is 0.235. The van der Waals surface area contributed by atoms with Gasteiger partial charge >= 0.3 is 6.09 Å².